The Hall–Kier alpha value is -2.22. The first-order valence-electron chi connectivity index (χ1n) is 8.16. The highest BCUT2D eigenvalue weighted by Gasteiger charge is 2.24. The van der Waals surface area contributed by atoms with Gasteiger partial charge in [0.15, 0.2) is 0 Å². The second-order valence-electron chi connectivity index (χ2n) is 5.72. The summed E-state index contributed by atoms with van der Waals surface area (Å²) in [5.41, 5.74) is 0. The van der Waals surface area contributed by atoms with Gasteiger partial charge in [-0.2, -0.15) is 0 Å². The molecule has 2 aromatic heterocycles. The Bertz CT molecular complexity index is 669. The Labute approximate surface area is 145 Å². The number of rotatable bonds is 4. The van der Waals surface area contributed by atoms with Crippen LogP contribution >= 0.6 is 11.3 Å². The maximum Gasteiger partial charge on any atom is 0.318 e. The van der Waals surface area contributed by atoms with Gasteiger partial charge in [-0.1, -0.05) is 6.92 Å². The number of carbonyl (C=O) groups is 1. The fourth-order valence-corrected chi connectivity index (χ4v) is 3.52. The van der Waals surface area contributed by atoms with E-state index in [0.717, 1.165) is 36.2 Å². The minimum absolute atomic E-state index is 0.0138. The van der Waals surface area contributed by atoms with Gasteiger partial charge in [0.25, 0.3) is 0 Å². The molecule has 0 aromatic carbocycles. The summed E-state index contributed by atoms with van der Waals surface area (Å²) >= 11 is 1.58. The number of urea groups is 1. The number of hydrogen-bond acceptors (Lipinski definition) is 6. The summed E-state index contributed by atoms with van der Waals surface area (Å²) in [7, 11) is 0. The van der Waals surface area contributed by atoms with E-state index < -0.39 is 0 Å². The van der Waals surface area contributed by atoms with Crippen LogP contribution in [0.1, 0.15) is 30.2 Å². The minimum Gasteiger partial charge on any atom is -0.353 e. The second kappa shape index (κ2) is 7.57. The van der Waals surface area contributed by atoms with Gasteiger partial charge in [0.05, 0.1) is 6.04 Å². The van der Waals surface area contributed by atoms with E-state index in [1.807, 2.05) is 23.3 Å². The van der Waals surface area contributed by atoms with Crippen LogP contribution < -0.4 is 10.2 Å². The Morgan fingerprint density at radius 2 is 2.08 bits per heavy atom. The molecule has 0 spiro atoms. The van der Waals surface area contributed by atoms with Crippen molar-refractivity contribution in [3.63, 3.8) is 0 Å². The molecule has 0 saturated carbocycles. The molecule has 1 aliphatic rings. The van der Waals surface area contributed by atoms with Crippen LogP contribution in [0.2, 0.25) is 0 Å². The predicted molar refractivity (Wildman–Crippen MR) is 94.2 cm³/mol. The van der Waals surface area contributed by atoms with Gasteiger partial charge in [0.1, 0.15) is 16.6 Å². The van der Waals surface area contributed by atoms with Crippen LogP contribution in [-0.2, 0) is 0 Å². The molecule has 0 bridgehead atoms. The Kier molecular flexibility index (Phi) is 5.24. The first-order chi connectivity index (χ1) is 11.7. The van der Waals surface area contributed by atoms with E-state index in [0.29, 0.717) is 13.1 Å². The molecule has 8 heteroatoms. The van der Waals surface area contributed by atoms with E-state index in [2.05, 4.69) is 32.1 Å². The van der Waals surface area contributed by atoms with Crippen molar-refractivity contribution in [1.29, 1.82) is 0 Å². The van der Waals surface area contributed by atoms with Crippen LogP contribution in [-0.4, -0.2) is 52.1 Å². The SMILES string of the molecule is CC[C@H](NC(=O)N1CCN(c2ccnc(C)n2)CC1)c1nccs1. The van der Waals surface area contributed by atoms with Crippen molar-refractivity contribution in [3.8, 4) is 0 Å². The minimum atomic E-state index is -0.0180. The van der Waals surface area contributed by atoms with E-state index in [-0.39, 0.29) is 12.1 Å². The van der Waals surface area contributed by atoms with Gasteiger partial charge in [-0.15, -0.1) is 11.3 Å². The third-order valence-corrected chi connectivity index (χ3v) is 5.00. The number of nitrogens with zero attached hydrogens (tertiary/aromatic N) is 5. The van der Waals surface area contributed by atoms with E-state index in [4.69, 9.17) is 0 Å². The fourth-order valence-electron chi connectivity index (χ4n) is 2.74. The lowest BCUT2D eigenvalue weighted by molar-refractivity contribution is 0.189. The Morgan fingerprint density at radius 1 is 1.29 bits per heavy atom. The highest BCUT2D eigenvalue weighted by Crippen LogP contribution is 2.19. The number of piperazine rings is 1. The van der Waals surface area contributed by atoms with Crippen molar-refractivity contribution in [2.75, 3.05) is 31.1 Å². The largest absolute Gasteiger partial charge is 0.353 e. The average molecular weight is 346 g/mol. The van der Waals surface area contributed by atoms with Crippen LogP contribution in [0, 0.1) is 6.92 Å². The van der Waals surface area contributed by atoms with Gasteiger partial charge in [-0.3, -0.25) is 0 Å². The summed E-state index contributed by atoms with van der Waals surface area (Å²) < 4.78 is 0. The molecule has 2 aromatic rings. The lowest BCUT2D eigenvalue weighted by Crippen LogP contribution is -2.52. The van der Waals surface area contributed by atoms with E-state index in [9.17, 15) is 4.79 Å². The number of hydrogen-bond donors (Lipinski definition) is 1. The van der Waals surface area contributed by atoms with Gasteiger partial charge >= 0.3 is 6.03 Å². The number of nitrogens with one attached hydrogen (secondary N) is 1. The first kappa shape index (κ1) is 16.6. The van der Waals surface area contributed by atoms with Crippen molar-refractivity contribution >= 4 is 23.2 Å². The zero-order valence-electron chi connectivity index (χ0n) is 14.0. The molecule has 0 aliphatic carbocycles. The lowest BCUT2D eigenvalue weighted by atomic mass is 10.2. The highest BCUT2D eigenvalue weighted by atomic mass is 32.1. The van der Waals surface area contributed by atoms with Crippen LogP contribution in [0.15, 0.2) is 23.8 Å². The smallest absolute Gasteiger partial charge is 0.318 e. The molecule has 1 fully saturated rings. The zero-order chi connectivity index (χ0) is 16.9. The van der Waals surface area contributed by atoms with Crippen LogP contribution in [0.3, 0.4) is 0 Å². The molecule has 1 atom stereocenters. The molecule has 2 amide bonds. The molecule has 0 radical (unpaired) electrons. The lowest BCUT2D eigenvalue weighted by Gasteiger charge is -2.36. The van der Waals surface area contributed by atoms with E-state index in [1.54, 1.807) is 23.7 Å². The summed E-state index contributed by atoms with van der Waals surface area (Å²) in [6.07, 6.45) is 4.38. The second-order valence-corrected chi connectivity index (χ2v) is 6.64. The van der Waals surface area contributed by atoms with Crippen molar-refractivity contribution in [3.05, 3.63) is 34.7 Å². The Balaban J connectivity index is 1.55. The summed E-state index contributed by atoms with van der Waals surface area (Å²) in [5, 5.41) is 5.99. The van der Waals surface area contributed by atoms with E-state index >= 15 is 0 Å². The van der Waals surface area contributed by atoms with Crippen LogP contribution in [0.25, 0.3) is 0 Å². The van der Waals surface area contributed by atoms with Gasteiger partial charge in [-0.05, 0) is 19.4 Å². The standard InChI is InChI=1S/C16H22N6OS/c1-3-13(15-18-6-11-24-15)20-16(23)22-9-7-21(8-10-22)14-4-5-17-12(2)19-14/h4-6,11,13H,3,7-10H2,1-2H3,(H,20,23)/t13-/m0/s1. The molecule has 7 nitrogen and oxygen atoms in total. The summed E-state index contributed by atoms with van der Waals surface area (Å²) in [6.45, 7) is 6.86. The van der Waals surface area contributed by atoms with Crippen molar-refractivity contribution in [1.82, 2.24) is 25.2 Å². The fraction of sp³-hybridized carbons (Fsp3) is 0.500. The summed E-state index contributed by atoms with van der Waals surface area (Å²) in [5.74, 6) is 1.69. The number of thiazole rings is 1. The summed E-state index contributed by atoms with van der Waals surface area (Å²) in [6, 6.07) is 1.88. The zero-order valence-corrected chi connectivity index (χ0v) is 14.8. The Morgan fingerprint density at radius 3 is 2.71 bits per heavy atom. The van der Waals surface area contributed by atoms with Crippen molar-refractivity contribution in [2.24, 2.45) is 0 Å². The quantitative estimate of drug-likeness (QED) is 0.919. The predicted octanol–water partition coefficient (Wildman–Crippen LogP) is 2.22. The maximum absolute atomic E-state index is 12.5. The highest BCUT2D eigenvalue weighted by molar-refractivity contribution is 7.09. The number of anilines is 1. The molecule has 0 unspecified atom stereocenters. The summed E-state index contributed by atoms with van der Waals surface area (Å²) in [4.78, 5) is 29.4. The molecule has 1 aliphatic heterocycles. The van der Waals surface area contributed by atoms with Crippen molar-refractivity contribution in [2.45, 2.75) is 26.3 Å². The van der Waals surface area contributed by atoms with Crippen LogP contribution in [0.4, 0.5) is 10.6 Å². The number of aromatic nitrogens is 3. The van der Waals surface area contributed by atoms with Crippen LogP contribution in [0.5, 0.6) is 0 Å². The number of amides is 2. The molecule has 3 heterocycles. The van der Waals surface area contributed by atoms with E-state index in [1.165, 1.54) is 0 Å². The first-order valence-corrected chi connectivity index (χ1v) is 9.04. The molecule has 1 saturated heterocycles. The molecule has 3 rings (SSSR count). The molecule has 1 N–H and O–H groups in total. The van der Waals surface area contributed by atoms with Gasteiger partial charge < -0.3 is 15.1 Å². The molecule has 128 valence electrons. The number of carbonyl (C=O) groups excluding carboxylic acids is 1. The van der Waals surface area contributed by atoms with Gasteiger partial charge in [0, 0.05) is 44.0 Å². The van der Waals surface area contributed by atoms with Crippen molar-refractivity contribution < 1.29 is 4.79 Å². The molecule has 24 heavy (non-hydrogen) atoms. The molecular formula is C16H22N6OS. The normalized spacial score (nSPS) is 16.1. The third-order valence-electron chi connectivity index (χ3n) is 4.11. The monoisotopic (exact) mass is 346 g/mol. The maximum atomic E-state index is 12.5. The van der Waals surface area contributed by atoms with Gasteiger partial charge in [-0.25, -0.2) is 19.7 Å². The molecular weight excluding hydrogens is 324 g/mol. The third kappa shape index (κ3) is 3.81. The van der Waals surface area contributed by atoms with Gasteiger partial charge in [0.2, 0.25) is 0 Å². The topological polar surface area (TPSA) is 74.2 Å². The number of aryl methyl sites for hydroxylation is 1. The average Bonchev–Trinajstić information content (AvgIpc) is 3.14.